The van der Waals surface area contributed by atoms with Gasteiger partial charge >= 0.3 is 17.9 Å². The van der Waals surface area contributed by atoms with Crippen molar-refractivity contribution in [2.45, 2.75) is 58.3 Å². The van der Waals surface area contributed by atoms with Crippen LogP contribution in [0.3, 0.4) is 0 Å². The van der Waals surface area contributed by atoms with Crippen LogP contribution >= 0.6 is 0 Å². The van der Waals surface area contributed by atoms with Gasteiger partial charge in [0.2, 0.25) is 0 Å². The van der Waals surface area contributed by atoms with Crippen LogP contribution in [0.5, 0.6) is 0 Å². The summed E-state index contributed by atoms with van der Waals surface area (Å²) in [6.07, 6.45) is 5.34. The molecule has 0 saturated carbocycles. The summed E-state index contributed by atoms with van der Waals surface area (Å²) in [7, 11) is 1.37. The molecule has 0 aliphatic rings. The molecule has 0 aromatic heterocycles. The molecule has 6 nitrogen and oxygen atoms in total. The van der Waals surface area contributed by atoms with Gasteiger partial charge < -0.3 is 14.2 Å². The predicted octanol–water partition coefficient (Wildman–Crippen LogP) is 2.94. The first-order chi connectivity index (χ1) is 11.0. The molecule has 0 aromatic carbocycles. The highest BCUT2D eigenvalue weighted by atomic mass is 16.5. The second-order valence-electron chi connectivity index (χ2n) is 5.33. The maximum Gasteiger partial charge on any atom is 0.333 e. The SMILES string of the molecule is C=C(C)C(=O)OCCCCCC(=O)OCCCCCC(=O)OC. The maximum absolute atomic E-state index is 11.5. The Balaban J connectivity index is 3.36. The van der Waals surface area contributed by atoms with Gasteiger partial charge in [-0.15, -0.1) is 0 Å². The Morgan fingerprint density at radius 3 is 1.83 bits per heavy atom. The minimum absolute atomic E-state index is 0.211. The molecular formula is C17H28O6. The molecule has 132 valence electrons. The molecule has 6 heteroatoms. The predicted molar refractivity (Wildman–Crippen MR) is 85.7 cm³/mol. The van der Waals surface area contributed by atoms with Gasteiger partial charge in [0.15, 0.2) is 0 Å². The van der Waals surface area contributed by atoms with Gasteiger partial charge in [-0.05, 0) is 45.4 Å². The average Bonchev–Trinajstić information content (AvgIpc) is 2.53. The van der Waals surface area contributed by atoms with E-state index in [4.69, 9.17) is 9.47 Å². The molecule has 0 atom stereocenters. The monoisotopic (exact) mass is 328 g/mol. The lowest BCUT2D eigenvalue weighted by atomic mass is 10.2. The lowest BCUT2D eigenvalue weighted by Gasteiger charge is -2.06. The van der Waals surface area contributed by atoms with E-state index in [2.05, 4.69) is 11.3 Å². The highest BCUT2D eigenvalue weighted by Gasteiger charge is 2.05. The molecule has 0 spiro atoms. The molecular weight excluding hydrogens is 300 g/mol. The Morgan fingerprint density at radius 1 is 0.783 bits per heavy atom. The van der Waals surface area contributed by atoms with Crippen LogP contribution in [-0.2, 0) is 28.6 Å². The Morgan fingerprint density at radius 2 is 1.30 bits per heavy atom. The number of esters is 3. The lowest BCUT2D eigenvalue weighted by molar-refractivity contribution is -0.144. The van der Waals surface area contributed by atoms with E-state index in [1.807, 2.05) is 0 Å². The summed E-state index contributed by atoms with van der Waals surface area (Å²) in [6.45, 7) is 5.83. The van der Waals surface area contributed by atoms with Crippen molar-refractivity contribution >= 4 is 17.9 Å². The zero-order valence-corrected chi connectivity index (χ0v) is 14.2. The van der Waals surface area contributed by atoms with Crippen LogP contribution in [0.25, 0.3) is 0 Å². The van der Waals surface area contributed by atoms with Gasteiger partial charge in [-0.25, -0.2) is 4.79 Å². The van der Waals surface area contributed by atoms with Crippen molar-refractivity contribution in [2.75, 3.05) is 20.3 Å². The smallest absolute Gasteiger partial charge is 0.333 e. The fourth-order valence-corrected chi connectivity index (χ4v) is 1.74. The Hall–Kier alpha value is -1.85. The quantitative estimate of drug-likeness (QED) is 0.224. The normalized spacial score (nSPS) is 10.0. The number of carbonyl (C=O) groups excluding carboxylic acids is 3. The number of rotatable bonds is 13. The third-order valence-electron chi connectivity index (χ3n) is 3.12. The zero-order valence-electron chi connectivity index (χ0n) is 14.2. The van der Waals surface area contributed by atoms with Crippen LogP contribution in [0.4, 0.5) is 0 Å². The van der Waals surface area contributed by atoms with Crippen LogP contribution < -0.4 is 0 Å². The Bertz CT molecular complexity index is 389. The number of methoxy groups -OCH3 is 1. The van der Waals surface area contributed by atoms with Gasteiger partial charge in [0, 0.05) is 18.4 Å². The highest BCUT2D eigenvalue weighted by molar-refractivity contribution is 5.86. The summed E-state index contributed by atoms with van der Waals surface area (Å²) in [6, 6.07) is 0. The first-order valence-corrected chi connectivity index (χ1v) is 8.02. The van der Waals surface area contributed by atoms with Gasteiger partial charge in [0.1, 0.15) is 0 Å². The van der Waals surface area contributed by atoms with E-state index >= 15 is 0 Å². The van der Waals surface area contributed by atoms with Crippen molar-refractivity contribution in [1.29, 1.82) is 0 Å². The minimum Gasteiger partial charge on any atom is -0.469 e. The fraction of sp³-hybridized carbons (Fsp3) is 0.706. The zero-order chi connectivity index (χ0) is 17.5. The molecule has 0 aromatic rings. The van der Waals surface area contributed by atoms with E-state index in [1.54, 1.807) is 6.92 Å². The summed E-state index contributed by atoms with van der Waals surface area (Å²) >= 11 is 0. The van der Waals surface area contributed by atoms with E-state index in [1.165, 1.54) is 7.11 Å². The third-order valence-corrected chi connectivity index (χ3v) is 3.12. The molecule has 23 heavy (non-hydrogen) atoms. The van der Waals surface area contributed by atoms with Crippen molar-refractivity contribution in [2.24, 2.45) is 0 Å². The molecule has 0 saturated heterocycles. The summed E-state index contributed by atoms with van der Waals surface area (Å²) in [5, 5.41) is 0. The summed E-state index contributed by atoms with van der Waals surface area (Å²) < 4.78 is 14.6. The summed E-state index contributed by atoms with van der Waals surface area (Å²) in [5.41, 5.74) is 0.389. The van der Waals surface area contributed by atoms with Crippen molar-refractivity contribution in [3.8, 4) is 0 Å². The number of hydrogen-bond donors (Lipinski definition) is 0. The van der Waals surface area contributed by atoms with Crippen molar-refractivity contribution < 1.29 is 28.6 Å². The van der Waals surface area contributed by atoms with E-state index in [0.717, 1.165) is 32.1 Å². The largest absolute Gasteiger partial charge is 0.469 e. The Labute approximate surface area is 138 Å². The molecule has 0 N–H and O–H groups in total. The molecule has 0 fully saturated rings. The number of ether oxygens (including phenoxy) is 3. The molecule has 0 radical (unpaired) electrons. The van der Waals surface area contributed by atoms with Crippen molar-refractivity contribution in [3.63, 3.8) is 0 Å². The first-order valence-electron chi connectivity index (χ1n) is 8.02. The molecule has 0 rings (SSSR count). The van der Waals surface area contributed by atoms with Crippen LogP contribution in [0.15, 0.2) is 12.2 Å². The summed E-state index contributed by atoms with van der Waals surface area (Å²) in [5.74, 6) is -0.801. The van der Waals surface area contributed by atoms with Crippen molar-refractivity contribution in [1.82, 2.24) is 0 Å². The molecule has 0 bridgehead atoms. The standard InChI is InChI=1S/C17H28O6/c1-14(2)17(20)23-13-9-5-7-11-16(19)22-12-8-4-6-10-15(18)21-3/h1,4-13H2,2-3H3. The molecule has 0 heterocycles. The molecule has 0 aliphatic heterocycles. The highest BCUT2D eigenvalue weighted by Crippen LogP contribution is 2.05. The van der Waals surface area contributed by atoms with Crippen LogP contribution in [0.2, 0.25) is 0 Å². The van der Waals surface area contributed by atoms with Gasteiger partial charge in [-0.2, -0.15) is 0 Å². The van der Waals surface area contributed by atoms with Crippen molar-refractivity contribution in [3.05, 3.63) is 12.2 Å². The van der Waals surface area contributed by atoms with E-state index in [9.17, 15) is 14.4 Å². The minimum atomic E-state index is -0.378. The second kappa shape index (κ2) is 13.8. The molecule has 0 amide bonds. The van der Waals surface area contributed by atoms with Crippen LogP contribution in [0, 0.1) is 0 Å². The molecule has 0 aliphatic carbocycles. The van der Waals surface area contributed by atoms with Crippen LogP contribution in [-0.4, -0.2) is 38.2 Å². The van der Waals surface area contributed by atoms with E-state index in [-0.39, 0.29) is 17.9 Å². The van der Waals surface area contributed by atoms with E-state index in [0.29, 0.717) is 38.0 Å². The maximum atomic E-state index is 11.5. The average molecular weight is 328 g/mol. The van der Waals surface area contributed by atoms with Crippen LogP contribution in [0.1, 0.15) is 58.3 Å². The van der Waals surface area contributed by atoms with E-state index < -0.39 is 0 Å². The number of hydrogen-bond acceptors (Lipinski definition) is 6. The Kier molecular flexibility index (Phi) is 12.7. The van der Waals surface area contributed by atoms with Gasteiger partial charge in [0.25, 0.3) is 0 Å². The topological polar surface area (TPSA) is 78.9 Å². The second-order valence-corrected chi connectivity index (χ2v) is 5.33. The number of carbonyl (C=O) groups is 3. The fourth-order valence-electron chi connectivity index (χ4n) is 1.74. The lowest BCUT2D eigenvalue weighted by Crippen LogP contribution is -2.07. The third kappa shape index (κ3) is 13.5. The van der Waals surface area contributed by atoms with Gasteiger partial charge in [-0.3, -0.25) is 9.59 Å². The molecule has 0 unspecified atom stereocenters. The summed E-state index contributed by atoms with van der Waals surface area (Å²) in [4.78, 5) is 33.5. The van der Waals surface area contributed by atoms with Gasteiger partial charge in [0.05, 0.1) is 20.3 Å². The number of unbranched alkanes of at least 4 members (excludes halogenated alkanes) is 4. The first kappa shape index (κ1) is 21.1. The van der Waals surface area contributed by atoms with Gasteiger partial charge in [-0.1, -0.05) is 6.58 Å².